The van der Waals surface area contributed by atoms with Gasteiger partial charge >= 0.3 is 0 Å². The molecule has 2 bridgehead atoms. The van der Waals surface area contributed by atoms with Crippen LogP contribution in [-0.4, -0.2) is 42.4 Å². The average Bonchev–Trinajstić information content (AvgIpc) is 3.36. The van der Waals surface area contributed by atoms with Crippen LogP contribution in [0.15, 0.2) is 29.2 Å². The first-order valence-corrected chi connectivity index (χ1v) is 9.85. The molecule has 4 heterocycles. The normalized spacial score (nSPS) is 17.8. The van der Waals surface area contributed by atoms with Crippen LogP contribution < -0.4 is 15.6 Å². The number of hydrogen-bond donors (Lipinski definition) is 3. The molecule has 3 aromatic heterocycles. The van der Waals surface area contributed by atoms with Crippen LogP contribution >= 0.6 is 0 Å². The molecule has 1 aliphatic rings. The van der Waals surface area contributed by atoms with Crippen molar-refractivity contribution in [1.29, 1.82) is 0 Å². The second-order valence-corrected chi connectivity index (χ2v) is 7.61. The van der Waals surface area contributed by atoms with E-state index in [4.69, 9.17) is 4.74 Å². The highest BCUT2D eigenvalue weighted by atomic mass is 16.5. The molecule has 9 nitrogen and oxygen atoms in total. The number of nitrogens with one attached hydrogen (secondary N) is 3. The van der Waals surface area contributed by atoms with Gasteiger partial charge in [-0.05, 0) is 36.8 Å². The number of fused-ring (bicyclic) bond motifs is 4. The molecule has 5 rings (SSSR count). The molecule has 154 valence electrons. The van der Waals surface area contributed by atoms with Gasteiger partial charge in [-0.15, -0.1) is 0 Å². The Morgan fingerprint density at radius 2 is 2.10 bits per heavy atom. The topological polar surface area (TPSA) is 106 Å². The summed E-state index contributed by atoms with van der Waals surface area (Å²) >= 11 is 0. The number of aryl methyl sites for hydroxylation is 2. The maximum absolute atomic E-state index is 12.4. The van der Waals surface area contributed by atoms with Gasteiger partial charge in [-0.3, -0.25) is 19.7 Å². The third-order valence-corrected chi connectivity index (χ3v) is 5.46. The third kappa shape index (κ3) is 3.03. The van der Waals surface area contributed by atoms with E-state index in [1.807, 2.05) is 51.5 Å². The number of hydrogen-bond acceptors (Lipinski definition) is 5. The molecular formula is C21H23N7O2. The lowest BCUT2D eigenvalue weighted by molar-refractivity contribution is 0.199. The molecule has 3 N–H and O–H groups in total. The van der Waals surface area contributed by atoms with Crippen molar-refractivity contribution >= 4 is 23.1 Å². The number of rotatable bonds is 0. The van der Waals surface area contributed by atoms with Crippen molar-refractivity contribution in [2.45, 2.75) is 19.6 Å². The predicted molar refractivity (Wildman–Crippen MR) is 115 cm³/mol. The Morgan fingerprint density at radius 3 is 2.97 bits per heavy atom. The highest BCUT2D eigenvalue weighted by Crippen LogP contribution is 2.33. The van der Waals surface area contributed by atoms with Crippen LogP contribution in [0.3, 0.4) is 0 Å². The fraction of sp³-hybridized carbons (Fsp3) is 0.286. The number of H-pyrrole nitrogens is 2. The van der Waals surface area contributed by atoms with Crippen LogP contribution in [0, 0.1) is 0 Å². The lowest BCUT2D eigenvalue weighted by atomic mass is 10.1. The molecule has 0 aliphatic carbocycles. The quantitative estimate of drug-likeness (QED) is 0.415. The zero-order valence-electron chi connectivity index (χ0n) is 17.1. The Hall–Kier alpha value is -3.59. The monoisotopic (exact) mass is 405 g/mol. The summed E-state index contributed by atoms with van der Waals surface area (Å²) in [7, 11) is 3.71. The van der Waals surface area contributed by atoms with E-state index in [0.29, 0.717) is 24.5 Å². The SMILES string of the molecule is C[C@H]1CNCc2c(c(=O)[nH]n2C)/C=C/c2[nH]nc3ccc(cc23)-c2cnn(C)c2O1. The van der Waals surface area contributed by atoms with E-state index in [0.717, 1.165) is 33.4 Å². The Morgan fingerprint density at radius 1 is 1.23 bits per heavy atom. The molecule has 1 atom stereocenters. The average molecular weight is 405 g/mol. The second-order valence-electron chi connectivity index (χ2n) is 7.61. The molecule has 30 heavy (non-hydrogen) atoms. The zero-order chi connectivity index (χ0) is 20.8. The molecule has 0 amide bonds. The van der Waals surface area contributed by atoms with Crippen LogP contribution in [0.1, 0.15) is 23.9 Å². The first-order chi connectivity index (χ1) is 14.5. The Balaban J connectivity index is 1.69. The molecule has 9 heteroatoms. The Labute approximate surface area is 172 Å². The molecule has 0 spiro atoms. The van der Waals surface area contributed by atoms with Gasteiger partial charge in [-0.25, -0.2) is 4.68 Å². The Bertz CT molecular complexity index is 1320. The number of aromatic amines is 2. The first kappa shape index (κ1) is 18.4. The highest BCUT2D eigenvalue weighted by molar-refractivity contribution is 5.93. The van der Waals surface area contributed by atoms with Gasteiger partial charge in [-0.2, -0.15) is 10.2 Å². The third-order valence-electron chi connectivity index (χ3n) is 5.46. The van der Waals surface area contributed by atoms with E-state index in [-0.39, 0.29) is 11.7 Å². The first-order valence-electron chi connectivity index (χ1n) is 9.85. The van der Waals surface area contributed by atoms with Crippen molar-refractivity contribution in [2.75, 3.05) is 6.54 Å². The summed E-state index contributed by atoms with van der Waals surface area (Å²) in [5.74, 6) is 0.717. The summed E-state index contributed by atoms with van der Waals surface area (Å²) in [4.78, 5) is 12.4. The second kappa shape index (κ2) is 7.03. The van der Waals surface area contributed by atoms with Crippen LogP contribution in [0.25, 0.3) is 34.2 Å². The lowest BCUT2D eigenvalue weighted by Gasteiger charge is -2.17. The van der Waals surface area contributed by atoms with Crippen molar-refractivity contribution in [1.82, 2.24) is 35.1 Å². The highest BCUT2D eigenvalue weighted by Gasteiger charge is 2.18. The predicted octanol–water partition coefficient (Wildman–Crippen LogP) is 2.03. The number of ether oxygens (including phenoxy) is 1. The van der Waals surface area contributed by atoms with Crippen LogP contribution in [0.5, 0.6) is 5.88 Å². The zero-order valence-corrected chi connectivity index (χ0v) is 17.1. The van der Waals surface area contributed by atoms with Crippen molar-refractivity contribution in [3.05, 3.63) is 51.7 Å². The van der Waals surface area contributed by atoms with Gasteiger partial charge in [0, 0.05) is 32.6 Å². The largest absolute Gasteiger partial charge is 0.473 e. The van der Waals surface area contributed by atoms with Gasteiger partial charge in [0.2, 0.25) is 5.88 Å². The van der Waals surface area contributed by atoms with E-state index >= 15 is 0 Å². The summed E-state index contributed by atoms with van der Waals surface area (Å²) in [5.41, 5.74) is 4.99. The van der Waals surface area contributed by atoms with Crippen molar-refractivity contribution in [3.63, 3.8) is 0 Å². The fourth-order valence-corrected chi connectivity index (χ4v) is 3.86. The van der Waals surface area contributed by atoms with E-state index < -0.39 is 0 Å². The standard InChI is InChI=1S/C21H23N7O2/c1-12-9-22-11-19-14(20(29)26-27(19)2)5-7-18-15-8-13(4-6-17(15)24-25-18)16-10-23-28(3)21(16)30-12/h4-8,10,12,22H,9,11H2,1-3H3,(H,24,25)(H,26,29)/b7-5+/t12-/m0/s1. The maximum Gasteiger partial charge on any atom is 0.271 e. The minimum atomic E-state index is -0.123. The Kier molecular flexibility index (Phi) is 4.32. The summed E-state index contributed by atoms with van der Waals surface area (Å²) in [6.45, 7) is 3.17. The minimum absolute atomic E-state index is 0.0903. The molecule has 0 radical (unpaired) electrons. The van der Waals surface area contributed by atoms with Gasteiger partial charge in [0.25, 0.3) is 5.56 Å². The van der Waals surface area contributed by atoms with Crippen molar-refractivity contribution in [2.24, 2.45) is 14.1 Å². The molecule has 4 aromatic rings. The molecule has 1 aliphatic heterocycles. The lowest BCUT2D eigenvalue weighted by Crippen LogP contribution is -2.30. The van der Waals surface area contributed by atoms with Gasteiger partial charge < -0.3 is 10.1 Å². The molecule has 0 saturated heterocycles. The van der Waals surface area contributed by atoms with Crippen molar-refractivity contribution in [3.8, 4) is 17.0 Å². The van der Waals surface area contributed by atoms with Gasteiger partial charge in [0.05, 0.1) is 34.2 Å². The maximum atomic E-state index is 12.4. The van der Waals surface area contributed by atoms with Crippen LogP contribution in [0.4, 0.5) is 0 Å². The summed E-state index contributed by atoms with van der Waals surface area (Å²) in [6, 6.07) is 6.06. The molecule has 0 saturated carbocycles. The fourth-order valence-electron chi connectivity index (χ4n) is 3.86. The number of benzene rings is 1. The molecular weight excluding hydrogens is 382 g/mol. The molecule has 1 aromatic carbocycles. The van der Waals surface area contributed by atoms with Gasteiger partial charge in [0.15, 0.2) is 0 Å². The van der Waals surface area contributed by atoms with E-state index in [2.05, 4.69) is 31.8 Å². The smallest absolute Gasteiger partial charge is 0.271 e. The van der Waals surface area contributed by atoms with E-state index in [1.165, 1.54) is 0 Å². The van der Waals surface area contributed by atoms with Crippen molar-refractivity contribution < 1.29 is 4.74 Å². The summed E-state index contributed by atoms with van der Waals surface area (Å²) in [6.07, 6.45) is 5.47. The minimum Gasteiger partial charge on any atom is -0.473 e. The van der Waals surface area contributed by atoms with Gasteiger partial charge in [0.1, 0.15) is 6.10 Å². The van der Waals surface area contributed by atoms with Crippen LogP contribution in [-0.2, 0) is 20.6 Å². The van der Waals surface area contributed by atoms with E-state index in [1.54, 1.807) is 9.36 Å². The number of nitrogens with zero attached hydrogens (tertiary/aromatic N) is 4. The number of aromatic nitrogens is 6. The summed E-state index contributed by atoms with van der Waals surface area (Å²) in [5, 5.41) is 19.1. The molecule has 0 unspecified atom stereocenters. The van der Waals surface area contributed by atoms with E-state index in [9.17, 15) is 4.79 Å². The van der Waals surface area contributed by atoms with Gasteiger partial charge in [-0.1, -0.05) is 6.07 Å². The summed E-state index contributed by atoms with van der Waals surface area (Å²) < 4.78 is 9.74. The molecule has 0 fully saturated rings. The van der Waals surface area contributed by atoms with Crippen LogP contribution in [0.2, 0.25) is 0 Å².